The third-order valence-corrected chi connectivity index (χ3v) is 10.6. The molecule has 0 aliphatic carbocycles. The van der Waals surface area contributed by atoms with Crippen molar-refractivity contribution < 1.29 is 0 Å². The van der Waals surface area contributed by atoms with E-state index in [1.54, 1.807) is 0 Å². The van der Waals surface area contributed by atoms with Gasteiger partial charge in [-0.2, -0.15) is 0 Å². The predicted octanol–water partition coefficient (Wildman–Crippen LogP) is 13.5. The van der Waals surface area contributed by atoms with Crippen molar-refractivity contribution in [2.45, 2.75) is 13.8 Å². The minimum atomic E-state index is 1.14. The van der Waals surface area contributed by atoms with Crippen molar-refractivity contribution in [3.63, 3.8) is 0 Å². The number of hydrogen-bond donors (Lipinski definition) is 0. The van der Waals surface area contributed by atoms with E-state index in [1.165, 1.54) is 88.1 Å². The molecule has 0 aliphatic rings. The predicted molar refractivity (Wildman–Crippen MR) is 221 cm³/mol. The van der Waals surface area contributed by atoms with Gasteiger partial charge in [0.1, 0.15) is 0 Å². The molecule has 0 saturated carbocycles. The molecule has 0 spiro atoms. The van der Waals surface area contributed by atoms with Crippen LogP contribution in [0, 0.1) is 13.8 Å². The molecule has 10 aromatic rings. The maximum absolute atomic E-state index is 2.43. The lowest BCUT2D eigenvalue weighted by atomic mass is 9.92. The molecule has 0 unspecified atom stereocenters. The Morgan fingerprint density at radius 2 is 0.731 bits per heavy atom. The second kappa shape index (κ2) is 12.0. The lowest BCUT2D eigenvalue weighted by molar-refractivity contribution is 1.16. The van der Waals surface area contributed by atoms with E-state index in [0.717, 1.165) is 11.4 Å². The van der Waals surface area contributed by atoms with Gasteiger partial charge in [0.25, 0.3) is 0 Å². The SMILES string of the molecule is Cc1cccc(-c2cc(-c3ccc(-n4c5ccccc5c5cc6c7ccccc7n(-c7ccccc7)c6cc54)cc3)cc(-c3cccc(C)c3)c2)c1. The van der Waals surface area contributed by atoms with Gasteiger partial charge < -0.3 is 9.13 Å². The Hall–Kier alpha value is -6.64. The van der Waals surface area contributed by atoms with Gasteiger partial charge in [0, 0.05) is 32.9 Å². The highest BCUT2D eigenvalue weighted by Gasteiger charge is 2.18. The lowest BCUT2D eigenvalue weighted by Gasteiger charge is -2.13. The molecule has 246 valence electrons. The molecular weight excluding hydrogens is 629 g/mol. The first kappa shape index (κ1) is 30.2. The number of hydrogen-bond acceptors (Lipinski definition) is 0. The zero-order valence-corrected chi connectivity index (χ0v) is 29.2. The molecule has 2 aromatic heterocycles. The molecule has 0 N–H and O–H groups in total. The normalized spacial score (nSPS) is 11.7. The topological polar surface area (TPSA) is 9.86 Å². The number of fused-ring (bicyclic) bond motifs is 6. The van der Waals surface area contributed by atoms with Gasteiger partial charge in [-0.15, -0.1) is 0 Å². The first-order valence-electron chi connectivity index (χ1n) is 18.0. The van der Waals surface area contributed by atoms with Gasteiger partial charge in [-0.05, 0) is 114 Å². The highest BCUT2D eigenvalue weighted by Crippen LogP contribution is 2.40. The molecule has 0 aliphatic heterocycles. The van der Waals surface area contributed by atoms with Gasteiger partial charge >= 0.3 is 0 Å². The summed E-state index contributed by atoms with van der Waals surface area (Å²) in [5, 5.41) is 5.05. The van der Waals surface area contributed by atoms with E-state index in [-0.39, 0.29) is 0 Å². The number of nitrogens with zero attached hydrogens (tertiary/aromatic N) is 2. The van der Waals surface area contributed by atoms with Gasteiger partial charge in [-0.25, -0.2) is 0 Å². The molecule has 0 saturated heterocycles. The Morgan fingerprint density at radius 1 is 0.269 bits per heavy atom. The van der Waals surface area contributed by atoms with Crippen molar-refractivity contribution in [3.05, 3.63) is 193 Å². The zero-order chi connectivity index (χ0) is 34.8. The standard InChI is InChI=1S/C50H36N2/c1-33-12-10-14-36(26-33)39-28-38(29-40(30-39)37-15-11-13-34(2)27-37)35-22-24-42(25-23-35)52-48-21-9-7-19-44(48)46-31-45-43-18-6-8-20-47(43)51(49(45)32-50(46)52)41-16-4-3-5-17-41/h3-32H,1-2H3. The first-order valence-corrected chi connectivity index (χ1v) is 18.0. The van der Waals surface area contributed by atoms with Crippen LogP contribution < -0.4 is 0 Å². The Bertz CT molecular complexity index is 2890. The van der Waals surface area contributed by atoms with Crippen LogP contribution in [0.25, 0.3) is 88.4 Å². The van der Waals surface area contributed by atoms with Crippen molar-refractivity contribution in [3.8, 4) is 44.8 Å². The molecule has 0 atom stereocenters. The van der Waals surface area contributed by atoms with Crippen LogP contribution in [0.15, 0.2) is 182 Å². The van der Waals surface area contributed by atoms with Crippen molar-refractivity contribution >= 4 is 43.6 Å². The Balaban J connectivity index is 1.16. The molecule has 52 heavy (non-hydrogen) atoms. The third-order valence-electron chi connectivity index (χ3n) is 10.6. The molecule has 0 amide bonds. The van der Waals surface area contributed by atoms with E-state index < -0.39 is 0 Å². The van der Waals surface area contributed by atoms with Gasteiger partial charge in [0.2, 0.25) is 0 Å². The van der Waals surface area contributed by atoms with E-state index in [0.29, 0.717) is 0 Å². The van der Waals surface area contributed by atoms with Crippen molar-refractivity contribution in [2.24, 2.45) is 0 Å². The fourth-order valence-electron chi connectivity index (χ4n) is 8.14. The van der Waals surface area contributed by atoms with Crippen LogP contribution in [0.4, 0.5) is 0 Å². The number of aromatic nitrogens is 2. The molecule has 8 aromatic carbocycles. The average Bonchev–Trinajstić information content (AvgIpc) is 3.69. The molecule has 2 nitrogen and oxygen atoms in total. The summed E-state index contributed by atoms with van der Waals surface area (Å²) in [5.41, 5.74) is 17.0. The summed E-state index contributed by atoms with van der Waals surface area (Å²) in [6.45, 7) is 4.32. The fraction of sp³-hybridized carbons (Fsp3) is 0.0400. The molecular formula is C50H36N2. The largest absolute Gasteiger partial charge is 0.309 e. The summed E-state index contributed by atoms with van der Waals surface area (Å²) < 4.78 is 4.84. The third kappa shape index (κ3) is 4.95. The summed E-state index contributed by atoms with van der Waals surface area (Å²) in [4.78, 5) is 0. The molecule has 0 radical (unpaired) electrons. The van der Waals surface area contributed by atoms with Crippen molar-refractivity contribution in [1.82, 2.24) is 9.13 Å². The quantitative estimate of drug-likeness (QED) is 0.173. The average molecular weight is 665 g/mol. The van der Waals surface area contributed by atoms with E-state index in [2.05, 4.69) is 205 Å². The van der Waals surface area contributed by atoms with Crippen molar-refractivity contribution in [2.75, 3.05) is 0 Å². The molecule has 0 bridgehead atoms. The smallest absolute Gasteiger partial charge is 0.0562 e. The minimum Gasteiger partial charge on any atom is -0.309 e. The Morgan fingerprint density at radius 3 is 1.25 bits per heavy atom. The van der Waals surface area contributed by atoms with Crippen LogP contribution >= 0.6 is 0 Å². The maximum Gasteiger partial charge on any atom is 0.0562 e. The van der Waals surface area contributed by atoms with E-state index in [1.807, 2.05) is 0 Å². The van der Waals surface area contributed by atoms with Crippen LogP contribution in [0.3, 0.4) is 0 Å². The number of para-hydroxylation sites is 3. The molecule has 10 rings (SSSR count). The van der Waals surface area contributed by atoms with Crippen LogP contribution in [0.1, 0.15) is 11.1 Å². The highest BCUT2D eigenvalue weighted by molar-refractivity contribution is 6.19. The summed E-state index contributed by atoms with van der Waals surface area (Å²) in [5.74, 6) is 0. The van der Waals surface area contributed by atoms with E-state index >= 15 is 0 Å². The molecule has 2 heteroatoms. The number of rotatable bonds is 5. The Labute approximate surface area is 303 Å². The van der Waals surface area contributed by atoms with Crippen molar-refractivity contribution in [1.29, 1.82) is 0 Å². The highest BCUT2D eigenvalue weighted by atomic mass is 15.0. The summed E-state index contributed by atoms with van der Waals surface area (Å²) in [6, 6.07) is 66.8. The summed E-state index contributed by atoms with van der Waals surface area (Å²) >= 11 is 0. The van der Waals surface area contributed by atoms with Crippen LogP contribution in [0.5, 0.6) is 0 Å². The van der Waals surface area contributed by atoms with Gasteiger partial charge in [-0.1, -0.05) is 126 Å². The molecule has 2 heterocycles. The first-order chi connectivity index (χ1) is 25.6. The number of aryl methyl sites for hydroxylation is 2. The fourth-order valence-corrected chi connectivity index (χ4v) is 8.14. The summed E-state index contributed by atoms with van der Waals surface area (Å²) in [6.07, 6.45) is 0. The zero-order valence-electron chi connectivity index (χ0n) is 29.2. The lowest BCUT2D eigenvalue weighted by Crippen LogP contribution is -1.96. The second-order valence-electron chi connectivity index (χ2n) is 14.0. The van der Waals surface area contributed by atoms with E-state index in [4.69, 9.17) is 0 Å². The summed E-state index contributed by atoms with van der Waals surface area (Å²) in [7, 11) is 0. The maximum atomic E-state index is 2.43. The number of benzene rings is 8. The Kier molecular flexibility index (Phi) is 6.97. The molecule has 0 fully saturated rings. The minimum absolute atomic E-state index is 1.14. The van der Waals surface area contributed by atoms with Gasteiger partial charge in [0.05, 0.1) is 22.1 Å². The van der Waals surface area contributed by atoms with E-state index in [9.17, 15) is 0 Å². The van der Waals surface area contributed by atoms with Crippen LogP contribution in [0.2, 0.25) is 0 Å². The van der Waals surface area contributed by atoms with Gasteiger partial charge in [0.15, 0.2) is 0 Å². The van der Waals surface area contributed by atoms with Crippen LogP contribution in [-0.4, -0.2) is 9.13 Å². The second-order valence-corrected chi connectivity index (χ2v) is 14.0. The van der Waals surface area contributed by atoms with Crippen LogP contribution in [-0.2, 0) is 0 Å². The monoisotopic (exact) mass is 664 g/mol. The van der Waals surface area contributed by atoms with Gasteiger partial charge in [-0.3, -0.25) is 0 Å².